The number of ether oxygens (including phenoxy) is 1. The Bertz CT molecular complexity index is 1640. The molecule has 6 unspecified atom stereocenters. The van der Waals surface area contributed by atoms with Crippen molar-refractivity contribution >= 4 is 11.6 Å². The van der Waals surface area contributed by atoms with Gasteiger partial charge in [0.1, 0.15) is 0 Å². The molecule has 0 bridgehead atoms. The van der Waals surface area contributed by atoms with E-state index in [1.54, 1.807) is 12.1 Å². The van der Waals surface area contributed by atoms with Gasteiger partial charge in [0, 0.05) is 24.8 Å². The molecule has 6 atom stereocenters. The van der Waals surface area contributed by atoms with Gasteiger partial charge < -0.3 is 26.0 Å². The molecule has 3 aliphatic carbocycles. The Balaban J connectivity index is 1.49. The number of aliphatic hydroxyl groups is 1. The molecule has 5 N–H and O–H groups in total. The van der Waals surface area contributed by atoms with Gasteiger partial charge in [-0.05, 0) is 109 Å². The number of dihydropyridines is 1. The van der Waals surface area contributed by atoms with Crippen LogP contribution in [-0.4, -0.2) is 41.5 Å². The van der Waals surface area contributed by atoms with E-state index in [0.717, 1.165) is 55.2 Å². The minimum atomic E-state index is -1.68. The van der Waals surface area contributed by atoms with Crippen molar-refractivity contribution in [3.8, 4) is 23.3 Å². The molecule has 2 aromatic carbocycles. The van der Waals surface area contributed by atoms with E-state index in [2.05, 4.69) is 30.2 Å². The molecular formula is C42H52N2O5. The van der Waals surface area contributed by atoms with Gasteiger partial charge in [-0.15, -0.1) is 0 Å². The summed E-state index contributed by atoms with van der Waals surface area (Å²) in [5, 5.41) is 25.5. The fourth-order valence-corrected chi connectivity index (χ4v) is 9.46. The van der Waals surface area contributed by atoms with E-state index in [-0.39, 0.29) is 35.2 Å². The van der Waals surface area contributed by atoms with Crippen LogP contribution in [0.15, 0.2) is 66.0 Å². The van der Waals surface area contributed by atoms with Crippen LogP contribution in [0.5, 0.6) is 11.5 Å². The van der Waals surface area contributed by atoms with E-state index in [0.29, 0.717) is 43.3 Å². The first-order valence-electron chi connectivity index (χ1n) is 18.3. The average molecular weight is 665 g/mol. The number of aromatic hydroxyl groups is 1. The molecule has 49 heavy (non-hydrogen) atoms. The number of ketones is 2. The Morgan fingerprint density at radius 3 is 2.53 bits per heavy atom. The highest BCUT2D eigenvalue weighted by atomic mass is 16.5. The second-order valence-electron chi connectivity index (χ2n) is 14.9. The van der Waals surface area contributed by atoms with Gasteiger partial charge in [0.05, 0.1) is 18.8 Å². The molecule has 0 saturated heterocycles. The summed E-state index contributed by atoms with van der Waals surface area (Å²) in [6, 6.07) is 13.5. The summed E-state index contributed by atoms with van der Waals surface area (Å²) >= 11 is 0. The molecule has 7 nitrogen and oxygen atoms in total. The van der Waals surface area contributed by atoms with Gasteiger partial charge in [0.15, 0.2) is 29.2 Å². The van der Waals surface area contributed by atoms with Crippen molar-refractivity contribution in [1.82, 2.24) is 5.32 Å². The molecule has 2 aromatic rings. The molecule has 0 spiro atoms. The second-order valence-corrected chi connectivity index (χ2v) is 14.9. The van der Waals surface area contributed by atoms with Gasteiger partial charge in [-0.2, -0.15) is 0 Å². The molecule has 7 heteroatoms. The molecule has 4 aliphatic rings. The van der Waals surface area contributed by atoms with Gasteiger partial charge in [-0.3, -0.25) is 9.59 Å². The number of nitrogens with one attached hydrogen (secondary N) is 1. The largest absolute Gasteiger partial charge is 0.504 e. The molecule has 1 heterocycles. The standard InChI is InChI=1S/C42H52N2O5/c1-3-16-42(17-7-8-18-42)32-22-28(20-27-15-19-44-39(43)23-27)21-30-11-13-33(29-9-5-4-6-10-29)34-26-37(46)38(49-2)24-31(34)12-14-36(45)41(48)40(47)35(30)25-32/h4-6,9-10,15,23-24,26,28,30,32-33,35,41,44,46,48H,3,7-8,12,14,16-22,25,43H2,1-2H3. The van der Waals surface area contributed by atoms with Crippen LogP contribution in [0.25, 0.3) is 0 Å². The van der Waals surface area contributed by atoms with Crippen molar-refractivity contribution in [2.75, 3.05) is 13.7 Å². The van der Waals surface area contributed by atoms with E-state index >= 15 is 0 Å². The Morgan fingerprint density at radius 1 is 1.04 bits per heavy atom. The molecule has 0 radical (unpaired) electrons. The number of benzene rings is 2. The number of nitrogens with two attached hydrogens (primary N) is 1. The molecule has 0 aromatic heterocycles. The highest BCUT2D eigenvalue weighted by molar-refractivity contribution is 6.06. The number of carbonyl (C=O) groups is 2. The number of methoxy groups -OCH3 is 1. The van der Waals surface area contributed by atoms with Gasteiger partial charge >= 0.3 is 0 Å². The quantitative estimate of drug-likeness (QED) is 0.192. The Hall–Kier alpha value is -4.02. The number of phenols is 1. The van der Waals surface area contributed by atoms with Crippen LogP contribution in [0, 0.1) is 40.9 Å². The Morgan fingerprint density at radius 2 is 1.82 bits per heavy atom. The maximum absolute atomic E-state index is 14.4. The molecule has 2 saturated carbocycles. The first-order chi connectivity index (χ1) is 23.7. The Kier molecular flexibility index (Phi) is 10.8. The summed E-state index contributed by atoms with van der Waals surface area (Å²) < 4.78 is 5.44. The van der Waals surface area contributed by atoms with Crippen LogP contribution in [0.1, 0.15) is 100 Å². The third-order valence-electron chi connectivity index (χ3n) is 11.9. The first-order valence-corrected chi connectivity index (χ1v) is 18.3. The number of Topliss-reactive ketones (excluding diaryl/α,β-unsaturated/α-hetero) is 2. The van der Waals surface area contributed by atoms with Gasteiger partial charge in [0.2, 0.25) is 0 Å². The third-order valence-corrected chi connectivity index (χ3v) is 11.9. The molecule has 1 aliphatic heterocycles. The van der Waals surface area contributed by atoms with Crippen molar-refractivity contribution in [2.45, 2.75) is 96.0 Å². The summed E-state index contributed by atoms with van der Waals surface area (Å²) in [6.07, 6.45) is 13.0. The van der Waals surface area contributed by atoms with Crippen molar-refractivity contribution in [1.29, 1.82) is 0 Å². The maximum Gasteiger partial charge on any atom is 0.173 e. The average Bonchev–Trinajstić information content (AvgIpc) is 3.50. The first kappa shape index (κ1) is 34.8. The lowest BCUT2D eigenvalue weighted by molar-refractivity contribution is -0.142. The van der Waals surface area contributed by atoms with Crippen LogP contribution >= 0.6 is 0 Å². The monoisotopic (exact) mass is 664 g/mol. The summed E-state index contributed by atoms with van der Waals surface area (Å²) in [7, 11) is 1.50. The summed E-state index contributed by atoms with van der Waals surface area (Å²) in [5.74, 6) is 6.70. The fraction of sp³-hybridized carbons (Fsp3) is 0.524. The van der Waals surface area contributed by atoms with E-state index in [9.17, 15) is 19.8 Å². The number of hydrogen-bond acceptors (Lipinski definition) is 7. The van der Waals surface area contributed by atoms with Gasteiger partial charge in [-0.1, -0.05) is 74.4 Å². The van der Waals surface area contributed by atoms with Crippen molar-refractivity contribution in [3.05, 3.63) is 82.7 Å². The van der Waals surface area contributed by atoms with E-state index in [4.69, 9.17) is 10.5 Å². The van der Waals surface area contributed by atoms with E-state index in [1.165, 1.54) is 25.5 Å². The normalized spacial score (nSPS) is 28.6. The van der Waals surface area contributed by atoms with Crippen molar-refractivity contribution < 1.29 is 24.5 Å². The SMILES string of the molecule is CCCC1(C2CC(CC3=CCNC(N)=C3)CC3C#CC(c4ccccc4)c4cc(O)c(OC)cc4CCC(=O)C(O)C(=O)C3C2)CCCC1. The zero-order chi connectivity index (χ0) is 34.5. The second kappa shape index (κ2) is 15.3. The zero-order valence-electron chi connectivity index (χ0n) is 29.0. The molecule has 260 valence electrons. The summed E-state index contributed by atoms with van der Waals surface area (Å²) in [6.45, 7) is 2.95. The fourth-order valence-electron chi connectivity index (χ4n) is 9.46. The number of rotatable bonds is 7. The lowest BCUT2D eigenvalue weighted by atomic mass is 9.65. The van der Waals surface area contributed by atoms with Crippen LogP contribution in [0.4, 0.5) is 0 Å². The van der Waals surface area contributed by atoms with Gasteiger partial charge in [-0.25, -0.2) is 0 Å². The van der Waals surface area contributed by atoms with Gasteiger partial charge in [0.25, 0.3) is 0 Å². The molecule has 2 fully saturated rings. The lowest BCUT2D eigenvalue weighted by Crippen LogP contribution is -2.40. The minimum Gasteiger partial charge on any atom is -0.504 e. The number of hydrogen-bond donors (Lipinski definition) is 4. The smallest absolute Gasteiger partial charge is 0.173 e. The van der Waals surface area contributed by atoms with E-state index < -0.39 is 23.7 Å². The highest BCUT2D eigenvalue weighted by Gasteiger charge is 2.47. The number of aliphatic hydroxyl groups excluding tert-OH is 1. The lowest BCUT2D eigenvalue weighted by Gasteiger charge is -2.40. The molecule has 6 rings (SSSR count). The van der Waals surface area contributed by atoms with E-state index in [1.807, 2.05) is 36.4 Å². The summed E-state index contributed by atoms with van der Waals surface area (Å²) in [4.78, 5) is 28.1. The summed E-state index contributed by atoms with van der Waals surface area (Å²) in [5.41, 5.74) is 10.1. The van der Waals surface area contributed by atoms with Crippen LogP contribution in [-0.2, 0) is 16.0 Å². The molecule has 0 amide bonds. The van der Waals surface area contributed by atoms with Crippen LogP contribution in [0.2, 0.25) is 0 Å². The predicted molar refractivity (Wildman–Crippen MR) is 192 cm³/mol. The number of allylic oxidation sites excluding steroid dienone is 2. The van der Waals surface area contributed by atoms with Crippen LogP contribution in [0.3, 0.4) is 0 Å². The minimum absolute atomic E-state index is 0.00192. The molecular weight excluding hydrogens is 612 g/mol. The third kappa shape index (κ3) is 7.60. The van der Waals surface area contributed by atoms with Crippen molar-refractivity contribution in [3.63, 3.8) is 0 Å². The number of fused-ring (bicyclic) bond motifs is 2. The predicted octanol–water partition coefficient (Wildman–Crippen LogP) is 6.71. The number of phenolic OH excluding ortho intramolecular Hbond substituents is 1. The Labute approximate surface area is 291 Å². The number of aryl methyl sites for hydroxylation is 1. The van der Waals surface area contributed by atoms with Crippen LogP contribution < -0.4 is 15.8 Å². The van der Waals surface area contributed by atoms with Crippen molar-refractivity contribution in [2.24, 2.45) is 34.8 Å². The highest BCUT2D eigenvalue weighted by Crippen LogP contribution is 2.55. The topological polar surface area (TPSA) is 122 Å². The zero-order valence-corrected chi connectivity index (χ0v) is 29.0. The maximum atomic E-state index is 14.4. The number of carbonyl (C=O) groups excluding carboxylic acids is 2.